The lowest BCUT2D eigenvalue weighted by Gasteiger charge is -2.44. The minimum atomic E-state index is -0.768. The van der Waals surface area contributed by atoms with E-state index in [4.69, 9.17) is 4.98 Å². The van der Waals surface area contributed by atoms with Crippen LogP contribution >= 0.6 is 0 Å². The monoisotopic (exact) mass is 636 g/mol. The van der Waals surface area contributed by atoms with Crippen molar-refractivity contribution in [1.82, 2.24) is 34.2 Å². The average Bonchev–Trinajstić information content (AvgIpc) is 3.53. The summed E-state index contributed by atoms with van der Waals surface area (Å²) in [5.41, 5.74) is 2.27. The summed E-state index contributed by atoms with van der Waals surface area (Å²) in [6.45, 7) is 12.6. The first kappa shape index (κ1) is 30.4. The van der Waals surface area contributed by atoms with Crippen LogP contribution in [0.4, 0.5) is 14.6 Å². The van der Waals surface area contributed by atoms with Gasteiger partial charge in [-0.05, 0) is 61.6 Å². The lowest BCUT2D eigenvalue weighted by atomic mass is 9.98. The summed E-state index contributed by atoms with van der Waals surface area (Å²) in [5.74, 6) is -1.46. The van der Waals surface area contributed by atoms with Gasteiger partial charge in [-0.25, -0.2) is 23.1 Å². The molecule has 2 aliphatic heterocycles. The first-order chi connectivity index (χ1) is 22.6. The van der Waals surface area contributed by atoms with Crippen LogP contribution in [0.3, 0.4) is 0 Å². The van der Waals surface area contributed by atoms with E-state index in [-0.39, 0.29) is 52.0 Å². The molecule has 1 amide bonds. The number of aryl methyl sites for hydroxylation is 2. The Hall–Kier alpha value is -5.26. The van der Waals surface area contributed by atoms with Crippen LogP contribution in [-0.4, -0.2) is 65.3 Å². The van der Waals surface area contributed by atoms with E-state index in [0.717, 1.165) is 5.56 Å². The van der Waals surface area contributed by atoms with Crippen molar-refractivity contribution in [1.29, 1.82) is 0 Å². The van der Waals surface area contributed by atoms with E-state index < -0.39 is 17.3 Å². The van der Waals surface area contributed by atoms with Crippen LogP contribution in [-0.2, 0) is 17.8 Å². The van der Waals surface area contributed by atoms with Crippen molar-refractivity contribution in [2.75, 3.05) is 18.0 Å². The molecule has 0 saturated carbocycles. The van der Waals surface area contributed by atoms with E-state index in [0.29, 0.717) is 48.6 Å². The van der Waals surface area contributed by atoms with Gasteiger partial charge in [-0.15, -0.1) is 0 Å². The third-order valence-corrected chi connectivity index (χ3v) is 9.13. The van der Waals surface area contributed by atoms with E-state index in [1.54, 1.807) is 40.3 Å². The molecule has 7 rings (SSSR count). The maximum Gasteiger partial charge on any atom is 0.355 e. The Morgan fingerprint density at radius 1 is 1.09 bits per heavy atom. The molecule has 0 unspecified atom stereocenters. The first-order valence-corrected chi connectivity index (χ1v) is 15.7. The number of benzene rings is 1. The Bertz CT molecular complexity index is 2140. The van der Waals surface area contributed by atoms with Crippen LogP contribution in [0.2, 0.25) is 0 Å². The largest absolute Gasteiger partial charge is 0.355 e. The number of anilines is 1. The van der Waals surface area contributed by atoms with Crippen LogP contribution < -0.4 is 10.6 Å². The number of nitrogens with zero attached hydrogens (tertiary/aromatic N) is 8. The molecule has 4 bridgehead atoms. The fraction of sp³-hybridized carbons (Fsp3) is 0.314. The fourth-order valence-electron chi connectivity index (χ4n) is 6.81. The molecule has 47 heavy (non-hydrogen) atoms. The molecular formula is C35H34F2N8O2. The van der Waals surface area contributed by atoms with E-state index in [2.05, 4.69) is 21.6 Å². The highest BCUT2D eigenvalue weighted by Gasteiger charge is 2.34. The van der Waals surface area contributed by atoms with Gasteiger partial charge in [-0.3, -0.25) is 14.5 Å². The summed E-state index contributed by atoms with van der Waals surface area (Å²) in [7, 11) is 0. The van der Waals surface area contributed by atoms with Crippen molar-refractivity contribution in [2.24, 2.45) is 0 Å². The number of carbonyl (C=O) groups excluding carboxylic acids is 1. The maximum atomic E-state index is 16.5. The molecule has 0 radical (unpaired) electrons. The van der Waals surface area contributed by atoms with Gasteiger partial charge in [-0.1, -0.05) is 32.6 Å². The van der Waals surface area contributed by atoms with Gasteiger partial charge in [0.15, 0.2) is 11.5 Å². The Labute approximate surface area is 270 Å². The van der Waals surface area contributed by atoms with Crippen LogP contribution in [0.15, 0.2) is 66.4 Å². The normalized spacial score (nSPS) is 17.6. The quantitative estimate of drug-likeness (QED) is 0.249. The van der Waals surface area contributed by atoms with Crippen molar-refractivity contribution < 1.29 is 13.6 Å². The lowest BCUT2D eigenvalue weighted by Crippen LogP contribution is -2.58. The number of halogens is 2. The second-order valence-electron chi connectivity index (χ2n) is 12.6. The van der Waals surface area contributed by atoms with Gasteiger partial charge in [0.2, 0.25) is 5.91 Å². The smallest absolute Gasteiger partial charge is 0.349 e. The summed E-state index contributed by atoms with van der Waals surface area (Å²) >= 11 is 0. The number of carbonyl (C=O) groups is 1. The number of piperazine rings is 1. The highest BCUT2D eigenvalue weighted by Crippen LogP contribution is 2.38. The summed E-state index contributed by atoms with van der Waals surface area (Å²) in [5, 5.41) is 4.79. The number of rotatable bonds is 3. The van der Waals surface area contributed by atoms with Gasteiger partial charge in [0.1, 0.15) is 17.3 Å². The van der Waals surface area contributed by atoms with Crippen LogP contribution in [0, 0.1) is 11.6 Å². The SMILES string of the molecule is C=CC(=O)N1C[C@H](C)N(c2nc(=O)n3c4nc(c(F)cc24)-c2c(F)cccc2-c2cnn(c2)CCc2ccnc(C(C)C)c2-3)C[C@H]1C. The van der Waals surface area contributed by atoms with Gasteiger partial charge >= 0.3 is 5.69 Å². The minimum absolute atomic E-state index is 0.0305. The molecule has 240 valence electrons. The Morgan fingerprint density at radius 3 is 2.66 bits per heavy atom. The molecule has 2 atom stereocenters. The van der Waals surface area contributed by atoms with Crippen molar-refractivity contribution >= 4 is 22.8 Å². The summed E-state index contributed by atoms with van der Waals surface area (Å²) in [6.07, 6.45) is 6.92. The Kier molecular flexibility index (Phi) is 7.45. The molecule has 12 heteroatoms. The molecule has 5 aromatic rings. The molecule has 0 N–H and O–H groups in total. The lowest BCUT2D eigenvalue weighted by molar-refractivity contribution is -0.128. The van der Waals surface area contributed by atoms with Gasteiger partial charge in [0.25, 0.3) is 0 Å². The zero-order chi connectivity index (χ0) is 33.1. The molecule has 6 heterocycles. The van der Waals surface area contributed by atoms with Crippen molar-refractivity contribution in [3.63, 3.8) is 0 Å². The summed E-state index contributed by atoms with van der Waals surface area (Å²) in [6, 6.07) is 7.17. The van der Waals surface area contributed by atoms with Crippen molar-refractivity contribution in [2.45, 2.75) is 58.7 Å². The number of hydrogen-bond donors (Lipinski definition) is 0. The molecule has 10 nitrogen and oxygen atoms in total. The number of aromatic nitrogens is 6. The predicted octanol–water partition coefficient (Wildman–Crippen LogP) is 5.28. The zero-order valence-electron chi connectivity index (χ0n) is 26.6. The van der Waals surface area contributed by atoms with E-state index in [9.17, 15) is 9.59 Å². The van der Waals surface area contributed by atoms with Gasteiger partial charge in [0, 0.05) is 55.2 Å². The zero-order valence-corrected chi connectivity index (χ0v) is 26.6. The maximum absolute atomic E-state index is 16.5. The highest BCUT2D eigenvalue weighted by molar-refractivity contribution is 5.93. The second kappa shape index (κ2) is 11.5. The Morgan fingerprint density at radius 2 is 1.89 bits per heavy atom. The van der Waals surface area contributed by atoms with Crippen molar-refractivity contribution in [3.05, 3.63) is 95.0 Å². The second-order valence-corrected chi connectivity index (χ2v) is 12.6. The van der Waals surface area contributed by atoms with Gasteiger partial charge in [-0.2, -0.15) is 10.1 Å². The Balaban J connectivity index is 1.57. The van der Waals surface area contributed by atoms with E-state index in [1.807, 2.05) is 38.7 Å². The third-order valence-electron chi connectivity index (χ3n) is 9.13. The molecule has 4 aromatic heterocycles. The number of hydrogen-bond acceptors (Lipinski definition) is 7. The average molecular weight is 637 g/mol. The van der Waals surface area contributed by atoms with Gasteiger partial charge < -0.3 is 9.80 Å². The fourth-order valence-corrected chi connectivity index (χ4v) is 6.81. The summed E-state index contributed by atoms with van der Waals surface area (Å²) < 4.78 is 35.4. The van der Waals surface area contributed by atoms with Crippen LogP contribution in [0.25, 0.3) is 39.1 Å². The molecular weight excluding hydrogens is 602 g/mol. The van der Waals surface area contributed by atoms with Crippen LogP contribution in [0.1, 0.15) is 44.9 Å². The number of fused-ring (bicyclic) bond motifs is 8. The molecule has 1 saturated heterocycles. The third kappa shape index (κ3) is 4.99. The summed E-state index contributed by atoms with van der Waals surface area (Å²) in [4.78, 5) is 44.6. The predicted molar refractivity (Wildman–Crippen MR) is 175 cm³/mol. The van der Waals surface area contributed by atoms with Crippen molar-refractivity contribution in [3.8, 4) is 28.1 Å². The van der Waals surface area contributed by atoms with E-state index in [1.165, 1.54) is 22.8 Å². The molecule has 1 fully saturated rings. The van der Waals surface area contributed by atoms with Crippen LogP contribution in [0.5, 0.6) is 0 Å². The number of pyridine rings is 2. The first-order valence-electron chi connectivity index (χ1n) is 15.7. The van der Waals surface area contributed by atoms with Gasteiger partial charge in [0.05, 0.1) is 23.0 Å². The molecule has 1 aromatic carbocycles. The standard InChI is InChI=1S/C35H34F2N8O2/c1-6-28(46)43-16-21(5)44(17-20(43)4)33-25-14-27(37)31-29-24(8-7-9-26(29)36)23-15-39-42(18-23)13-11-22-10-12-38-30(19(2)3)32(22)45(34(25)40-31)35(47)41-33/h6-10,12,14-15,18-21H,1,11,13,16-17H2,2-5H3/t20-,21+/m1/s1. The van der Waals surface area contributed by atoms with E-state index >= 15 is 8.78 Å². The minimum Gasteiger partial charge on any atom is -0.349 e. The highest BCUT2D eigenvalue weighted by atomic mass is 19.1. The molecule has 0 spiro atoms. The molecule has 0 aliphatic carbocycles. The topological polar surface area (TPSA) is 102 Å². The number of amides is 1. The molecule has 2 aliphatic rings.